The lowest BCUT2D eigenvalue weighted by Gasteiger charge is -2.27. The molecular formula is C18H26N2O2. The zero-order chi connectivity index (χ0) is 16.1. The van der Waals surface area contributed by atoms with Crippen LogP contribution in [0.2, 0.25) is 0 Å². The van der Waals surface area contributed by atoms with Crippen molar-refractivity contribution in [3.8, 4) is 0 Å². The van der Waals surface area contributed by atoms with E-state index in [-0.39, 0.29) is 17.7 Å². The van der Waals surface area contributed by atoms with E-state index in [0.29, 0.717) is 19.0 Å². The van der Waals surface area contributed by atoms with Crippen molar-refractivity contribution in [1.82, 2.24) is 10.2 Å². The molecule has 22 heavy (non-hydrogen) atoms. The Morgan fingerprint density at radius 3 is 2.27 bits per heavy atom. The summed E-state index contributed by atoms with van der Waals surface area (Å²) in [5.41, 5.74) is 0.843. The van der Waals surface area contributed by atoms with Gasteiger partial charge >= 0.3 is 0 Å². The van der Waals surface area contributed by atoms with E-state index < -0.39 is 6.04 Å². The van der Waals surface area contributed by atoms with Gasteiger partial charge in [0.05, 0.1) is 0 Å². The molecule has 0 radical (unpaired) electrons. The minimum Gasteiger partial charge on any atom is -0.341 e. The van der Waals surface area contributed by atoms with Crippen LogP contribution in [-0.4, -0.2) is 29.8 Å². The van der Waals surface area contributed by atoms with Gasteiger partial charge in [-0.1, -0.05) is 37.3 Å². The molecule has 4 nitrogen and oxygen atoms in total. The molecule has 0 aliphatic heterocycles. The summed E-state index contributed by atoms with van der Waals surface area (Å²) in [5, 5.41) is 2.97. The van der Waals surface area contributed by atoms with Crippen molar-refractivity contribution >= 4 is 11.8 Å². The van der Waals surface area contributed by atoms with Gasteiger partial charge in [0.2, 0.25) is 11.8 Å². The smallest absolute Gasteiger partial charge is 0.249 e. The largest absolute Gasteiger partial charge is 0.341 e. The standard InChI is InChI=1S/C18H26N2O2/c1-4-20(5-2)18(22)16(15-9-7-6-8-10-15)19-17(21)13(3)14-11-12-14/h6-10,13-14,16H,4-5,11-12H2,1-3H3,(H,19,21). The first-order chi connectivity index (χ1) is 10.6. The normalized spacial score (nSPS) is 16.7. The van der Waals surface area contributed by atoms with Crippen molar-refractivity contribution in [1.29, 1.82) is 0 Å². The van der Waals surface area contributed by atoms with Gasteiger partial charge in [-0.2, -0.15) is 0 Å². The van der Waals surface area contributed by atoms with Gasteiger partial charge < -0.3 is 10.2 Å². The van der Waals surface area contributed by atoms with Crippen LogP contribution in [-0.2, 0) is 9.59 Å². The third-order valence-corrected chi connectivity index (χ3v) is 4.48. The summed E-state index contributed by atoms with van der Waals surface area (Å²) in [5.74, 6) is 0.417. The minimum absolute atomic E-state index is 0.0168. The van der Waals surface area contributed by atoms with Gasteiger partial charge in [0.25, 0.3) is 0 Å². The third-order valence-electron chi connectivity index (χ3n) is 4.48. The molecule has 1 aromatic carbocycles. The van der Waals surface area contributed by atoms with Gasteiger partial charge in [0, 0.05) is 19.0 Å². The van der Waals surface area contributed by atoms with Gasteiger partial charge in [0.15, 0.2) is 0 Å². The van der Waals surface area contributed by atoms with Crippen LogP contribution in [0.5, 0.6) is 0 Å². The van der Waals surface area contributed by atoms with Crippen LogP contribution in [0.3, 0.4) is 0 Å². The molecule has 1 aromatic rings. The average molecular weight is 302 g/mol. The summed E-state index contributed by atoms with van der Waals surface area (Å²) in [6.45, 7) is 7.16. The number of amides is 2. The summed E-state index contributed by atoms with van der Waals surface area (Å²) in [6.07, 6.45) is 2.24. The molecule has 2 amide bonds. The highest BCUT2D eigenvalue weighted by atomic mass is 16.2. The van der Waals surface area contributed by atoms with Crippen LogP contribution in [0.25, 0.3) is 0 Å². The molecule has 120 valence electrons. The molecular weight excluding hydrogens is 276 g/mol. The molecule has 4 heteroatoms. The summed E-state index contributed by atoms with van der Waals surface area (Å²) < 4.78 is 0. The Balaban J connectivity index is 2.17. The molecule has 1 aliphatic carbocycles. The van der Waals surface area contributed by atoms with Crippen LogP contribution >= 0.6 is 0 Å². The molecule has 0 aromatic heterocycles. The molecule has 0 saturated heterocycles. The molecule has 0 heterocycles. The Kier molecular flexibility index (Phi) is 5.58. The van der Waals surface area contributed by atoms with E-state index >= 15 is 0 Å². The lowest BCUT2D eigenvalue weighted by Crippen LogP contribution is -2.44. The number of likely N-dealkylation sites (N-methyl/N-ethyl adjacent to an activating group) is 1. The highest BCUT2D eigenvalue weighted by Gasteiger charge is 2.35. The quantitative estimate of drug-likeness (QED) is 0.842. The fraction of sp³-hybridized carbons (Fsp3) is 0.556. The maximum absolute atomic E-state index is 12.8. The molecule has 2 rings (SSSR count). The molecule has 1 N–H and O–H groups in total. The zero-order valence-corrected chi connectivity index (χ0v) is 13.7. The average Bonchev–Trinajstić information content (AvgIpc) is 3.38. The van der Waals surface area contributed by atoms with Crippen molar-refractivity contribution in [3.05, 3.63) is 35.9 Å². The van der Waals surface area contributed by atoms with Crippen molar-refractivity contribution < 1.29 is 9.59 Å². The van der Waals surface area contributed by atoms with Gasteiger partial charge in [-0.15, -0.1) is 0 Å². The highest BCUT2D eigenvalue weighted by Crippen LogP contribution is 2.36. The van der Waals surface area contributed by atoms with Crippen molar-refractivity contribution in [2.24, 2.45) is 11.8 Å². The molecule has 2 atom stereocenters. The topological polar surface area (TPSA) is 49.4 Å². The van der Waals surface area contributed by atoms with Crippen LogP contribution in [0.1, 0.15) is 45.2 Å². The van der Waals surface area contributed by atoms with Crippen LogP contribution in [0.4, 0.5) is 0 Å². The van der Waals surface area contributed by atoms with Gasteiger partial charge in [-0.05, 0) is 38.2 Å². The Hall–Kier alpha value is -1.84. The first-order valence-electron chi connectivity index (χ1n) is 8.22. The van der Waals surface area contributed by atoms with Crippen LogP contribution < -0.4 is 5.32 Å². The van der Waals surface area contributed by atoms with Crippen LogP contribution in [0, 0.1) is 11.8 Å². The first-order valence-corrected chi connectivity index (χ1v) is 8.22. The Morgan fingerprint density at radius 2 is 1.77 bits per heavy atom. The van der Waals surface area contributed by atoms with Crippen molar-refractivity contribution in [3.63, 3.8) is 0 Å². The second-order valence-corrected chi connectivity index (χ2v) is 5.99. The molecule has 1 saturated carbocycles. The Morgan fingerprint density at radius 1 is 1.18 bits per heavy atom. The number of nitrogens with zero attached hydrogens (tertiary/aromatic N) is 1. The Bertz CT molecular complexity index is 507. The van der Waals surface area contributed by atoms with E-state index in [1.165, 1.54) is 0 Å². The molecule has 1 aliphatic rings. The maximum atomic E-state index is 12.8. The number of carbonyl (C=O) groups is 2. The van der Waals surface area contributed by atoms with Crippen LogP contribution in [0.15, 0.2) is 30.3 Å². The second-order valence-electron chi connectivity index (χ2n) is 5.99. The molecule has 0 bridgehead atoms. The van der Waals surface area contributed by atoms with E-state index in [1.54, 1.807) is 4.90 Å². The van der Waals surface area contributed by atoms with Crippen molar-refractivity contribution in [2.45, 2.75) is 39.7 Å². The monoisotopic (exact) mass is 302 g/mol. The Labute approximate surface area is 132 Å². The van der Waals surface area contributed by atoms with E-state index in [9.17, 15) is 9.59 Å². The highest BCUT2D eigenvalue weighted by molar-refractivity contribution is 5.89. The fourth-order valence-electron chi connectivity index (χ4n) is 2.73. The first kappa shape index (κ1) is 16.5. The summed E-state index contributed by atoms with van der Waals surface area (Å²) in [6, 6.07) is 8.91. The summed E-state index contributed by atoms with van der Waals surface area (Å²) in [7, 11) is 0. The molecule has 1 fully saturated rings. The zero-order valence-electron chi connectivity index (χ0n) is 13.7. The summed E-state index contributed by atoms with van der Waals surface area (Å²) >= 11 is 0. The number of carbonyl (C=O) groups excluding carboxylic acids is 2. The fourth-order valence-corrected chi connectivity index (χ4v) is 2.73. The maximum Gasteiger partial charge on any atom is 0.249 e. The number of nitrogens with one attached hydrogen (secondary N) is 1. The number of rotatable bonds is 7. The number of hydrogen-bond acceptors (Lipinski definition) is 2. The molecule has 2 unspecified atom stereocenters. The SMILES string of the molecule is CCN(CC)C(=O)C(NC(=O)C(C)C1CC1)c1ccccc1. The number of hydrogen-bond donors (Lipinski definition) is 1. The van der Waals surface area contributed by atoms with E-state index in [0.717, 1.165) is 18.4 Å². The lowest BCUT2D eigenvalue weighted by atomic mass is 10.0. The van der Waals surface area contributed by atoms with Gasteiger partial charge in [-0.3, -0.25) is 9.59 Å². The lowest BCUT2D eigenvalue weighted by molar-refractivity contribution is -0.137. The number of benzene rings is 1. The minimum atomic E-state index is -0.588. The van der Waals surface area contributed by atoms with E-state index in [1.807, 2.05) is 51.1 Å². The van der Waals surface area contributed by atoms with E-state index in [2.05, 4.69) is 5.32 Å². The summed E-state index contributed by atoms with van der Waals surface area (Å²) in [4.78, 5) is 27.0. The predicted octanol–water partition coefficient (Wildman–Crippen LogP) is 2.76. The predicted molar refractivity (Wildman–Crippen MR) is 87.1 cm³/mol. The van der Waals surface area contributed by atoms with E-state index in [4.69, 9.17) is 0 Å². The third kappa shape index (κ3) is 3.87. The van der Waals surface area contributed by atoms with Gasteiger partial charge in [-0.25, -0.2) is 0 Å². The molecule has 0 spiro atoms. The van der Waals surface area contributed by atoms with Crippen molar-refractivity contribution in [2.75, 3.05) is 13.1 Å². The van der Waals surface area contributed by atoms with Gasteiger partial charge in [0.1, 0.15) is 6.04 Å². The second kappa shape index (κ2) is 7.43.